The van der Waals surface area contributed by atoms with E-state index in [0.717, 1.165) is 23.0 Å². The summed E-state index contributed by atoms with van der Waals surface area (Å²) in [7, 11) is 0. The van der Waals surface area contributed by atoms with Gasteiger partial charge in [-0.2, -0.15) is 0 Å². The van der Waals surface area contributed by atoms with Crippen molar-refractivity contribution in [1.82, 2.24) is 5.32 Å². The molecule has 0 radical (unpaired) electrons. The Balaban J connectivity index is 1.71. The highest BCUT2D eigenvalue weighted by atomic mass is 16.7. The smallest absolute Gasteiger partial charge is 0.231 e. The van der Waals surface area contributed by atoms with Gasteiger partial charge in [0.05, 0.1) is 6.04 Å². The molecule has 1 aliphatic rings. The third-order valence-corrected chi connectivity index (χ3v) is 3.58. The molecule has 2 aromatic rings. The lowest BCUT2D eigenvalue weighted by atomic mass is 10.1. The van der Waals surface area contributed by atoms with Crippen molar-refractivity contribution in [2.45, 2.75) is 32.9 Å². The van der Waals surface area contributed by atoms with Crippen LogP contribution < -0.4 is 14.8 Å². The van der Waals surface area contributed by atoms with Crippen molar-refractivity contribution in [2.75, 3.05) is 6.79 Å². The normalized spacial score (nSPS) is 16.1. The van der Waals surface area contributed by atoms with Gasteiger partial charge in [0.2, 0.25) is 6.79 Å². The van der Waals surface area contributed by atoms with E-state index in [0.29, 0.717) is 6.79 Å². The van der Waals surface area contributed by atoms with Crippen molar-refractivity contribution < 1.29 is 13.9 Å². The maximum absolute atomic E-state index is 5.65. The van der Waals surface area contributed by atoms with Gasteiger partial charge in [-0.1, -0.05) is 6.07 Å². The largest absolute Gasteiger partial charge is 0.465 e. The Bertz CT molecular complexity index is 606. The van der Waals surface area contributed by atoms with Gasteiger partial charge in [-0.3, -0.25) is 0 Å². The van der Waals surface area contributed by atoms with Gasteiger partial charge >= 0.3 is 0 Å². The van der Waals surface area contributed by atoms with E-state index in [4.69, 9.17) is 13.9 Å². The molecule has 0 fully saturated rings. The van der Waals surface area contributed by atoms with Crippen LogP contribution in [0.3, 0.4) is 0 Å². The molecular formula is C16H19NO3. The number of hydrogen-bond donors (Lipinski definition) is 1. The Kier molecular flexibility index (Phi) is 3.40. The molecule has 0 saturated heterocycles. The van der Waals surface area contributed by atoms with Crippen LogP contribution in [0.1, 0.15) is 43.0 Å². The summed E-state index contributed by atoms with van der Waals surface area (Å²) >= 11 is 0. The highest BCUT2D eigenvalue weighted by molar-refractivity contribution is 5.45. The highest BCUT2D eigenvalue weighted by Gasteiger charge is 2.18. The summed E-state index contributed by atoms with van der Waals surface area (Å²) in [6.07, 6.45) is 0. The number of aryl methyl sites for hydroxylation is 1. The van der Waals surface area contributed by atoms with Crippen molar-refractivity contribution in [3.05, 3.63) is 47.4 Å². The second-order valence-electron chi connectivity index (χ2n) is 5.17. The van der Waals surface area contributed by atoms with Crippen LogP contribution in [0.4, 0.5) is 0 Å². The second kappa shape index (κ2) is 5.21. The first-order valence-corrected chi connectivity index (χ1v) is 6.85. The number of hydrogen-bond acceptors (Lipinski definition) is 4. The number of fused-ring (bicyclic) bond motifs is 1. The molecule has 0 bridgehead atoms. The van der Waals surface area contributed by atoms with E-state index >= 15 is 0 Å². The molecule has 2 unspecified atom stereocenters. The van der Waals surface area contributed by atoms with Crippen LogP contribution in [0.25, 0.3) is 0 Å². The Hall–Kier alpha value is -1.94. The van der Waals surface area contributed by atoms with Gasteiger partial charge in [0, 0.05) is 6.04 Å². The van der Waals surface area contributed by atoms with Gasteiger partial charge in [-0.05, 0) is 50.6 Å². The summed E-state index contributed by atoms with van der Waals surface area (Å²) in [5.41, 5.74) is 1.17. The minimum atomic E-state index is 0.157. The third kappa shape index (κ3) is 2.51. The Morgan fingerprint density at radius 2 is 1.80 bits per heavy atom. The molecule has 1 N–H and O–H groups in total. The average molecular weight is 273 g/mol. The van der Waals surface area contributed by atoms with E-state index in [1.807, 2.05) is 31.2 Å². The van der Waals surface area contributed by atoms with Crippen LogP contribution >= 0.6 is 0 Å². The van der Waals surface area contributed by atoms with E-state index in [9.17, 15) is 0 Å². The Morgan fingerprint density at radius 3 is 2.55 bits per heavy atom. The van der Waals surface area contributed by atoms with Crippen molar-refractivity contribution >= 4 is 0 Å². The molecule has 0 aliphatic carbocycles. The summed E-state index contributed by atoms with van der Waals surface area (Å²) in [4.78, 5) is 0. The fraction of sp³-hybridized carbons (Fsp3) is 0.375. The molecule has 1 aliphatic heterocycles. The molecule has 106 valence electrons. The van der Waals surface area contributed by atoms with Gasteiger partial charge in [0.25, 0.3) is 0 Å². The molecular weight excluding hydrogens is 254 g/mol. The number of nitrogens with one attached hydrogen (secondary N) is 1. The Labute approximate surface area is 118 Å². The third-order valence-electron chi connectivity index (χ3n) is 3.58. The summed E-state index contributed by atoms with van der Waals surface area (Å²) in [5.74, 6) is 3.52. The molecule has 0 saturated carbocycles. The predicted octanol–water partition coefficient (Wildman–Crippen LogP) is 3.73. The van der Waals surface area contributed by atoms with Crippen LogP contribution in [0.2, 0.25) is 0 Å². The minimum Gasteiger partial charge on any atom is -0.465 e. The maximum atomic E-state index is 5.65. The molecule has 1 aromatic carbocycles. The zero-order valence-corrected chi connectivity index (χ0v) is 12.0. The predicted molar refractivity (Wildman–Crippen MR) is 76.0 cm³/mol. The fourth-order valence-electron chi connectivity index (χ4n) is 2.42. The molecule has 2 heterocycles. The summed E-state index contributed by atoms with van der Waals surface area (Å²) < 4.78 is 16.4. The van der Waals surface area contributed by atoms with E-state index in [1.54, 1.807) is 0 Å². The first-order chi connectivity index (χ1) is 9.63. The first kappa shape index (κ1) is 13.1. The molecule has 0 spiro atoms. The van der Waals surface area contributed by atoms with Crippen LogP contribution in [0.15, 0.2) is 34.7 Å². The number of benzene rings is 1. The Morgan fingerprint density at radius 1 is 1.00 bits per heavy atom. The summed E-state index contributed by atoms with van der Waals surface area (Å²) in [6.45, 7) is 6.49. The second-order valence-corrected chi connectivity index (χ2v) is 5.17. The van der Waals surface area contributed by atoms with E-state index in [-0.39, 0.29) is 12.1 Å². The van der Waals surface area contributed by atoms with Crippen LogP contribution in [-0.2, 0) is 0 Å². The van der Waals surface area contributed by atoms with Gasteiger partial charge in [0.1, 0.15) is 11.5 Å². The SMILES string of the molecule is Cc1ccc(C(C)NC(C)c2ccc3c(c2)OCO3)o1. The summed E-state index contributed by atoms with van der Waals surface area (Å²) in [6, 6.07) is 10.4. The van der Waals surface area contributed by atoms with Gasteiger partial charge in [0.15, 0.2) is 11.5 Å². The average Bonchev–Trinajstić information content (AvgIpc) is 3.05. The van der Waals surface area contributed by atoms with Crippen molar-refractivity contribution in [3.63, 3.8) is 0 Å². The van der Waals surface area contributed by atoms with Gasteiger partial charge in [-0.15, -0.1) is 0 Å². The molecule has 4 heteroatoms. The van der Waals surface area contributed by atoms with Crippen LogP contribution in [0, 0.1) is 6.92 Å². The molecule has 4 nitrogen and oxygen atoms in total. The number of ether oxygens (including phenoxy) is 2. The lowest BCUT2D eigenvalue weighted by Crippen LogP contribution is -2.22. The fourth-order valence-corrected chi connectivity index (χ4v) is 2.42. The highest BCUT2D eigenvalue weighted by Crippen LogP contribution is 2.34. The van der Waals surface area contributed by atoms with Crippen LogP contribution in [0.5, 0.6) is 11.5 Å². The number of rotatable bonds is 4. The molecule has 1 aromatic heterocycles. The van der Waals surface area contributed by atoms with E-state index in [1.165, 1.54) is 5.56 Å². The van der Waals surface area contributed by atoms with Crippen molar-refractivity contribution in [3.8, 4) is 11.5 Å². The van der Waals surface area contributed by atoms with Crippen molar-refractivity contribution in [1.29, 1.82) is 0 Å². The summed E-state index contributed by atoms with van der Waals surface area (Å²) in [5, 5.41) is 3.53. The molecule has 20 heavy (non-hydrogen) atoms. The lowest BCUT2D eigenvalue weighted by molar-refractivity contribution is 0.174. The zero-order valence-electron chi connectivity index (χ0n) is 12.0. The molecule has 3 rings (SSSR count). The van der Waals surface area contributed by atoms with Crippen molar-refractivity contribution in [2.24, 2.45) is 0 Å². The first-order valence-electron chi connectivity index (χ1n) is 6.85. The molecule has 0 amide bonds. The lowest BCUT2D eigenvalue weighted by Gasteiger charge is -2.19. The van der Waals surface area contributed by atoms with Gasteiger partial charge < -0.3 is 19.2 Å². The van der Waals surface area contributed by atoms with E-state index < -0.39 is 0 Å². The molecule has 2 atom stereocenters. The minimum absolute atomic E-state index is 0.157. The zero-order chi connectivity index (χ0) is 14.1. The standard InChI is InChI=1S/C16H19NO3/c1-10-4-6-14(20-10)12(3)17-11(2)13-5-7-15-16(8-13)19-9-18-15/h4-8,11-12,17H,9H2,1-3H3. The van der Waals surface area contributed by atoms with E-state index in [2.05, 4.69) is 25.2 Å². The van der Waals surface area contributed by atoms with Gasteiger partial charge in [-0.25, -0.2) is 0 Å². The monoisotopic (exact) mass is 273 g/mol. The maximum Gasteiger partial charge on any atom is 0.231 e. The quantitative estimate of drug-likeness (QED) is 0.921. The number of furan rings is 1. The topological polar surface area (TPSA) is 43.6 Å². The van der Waals surface area contributed by atoms with Crippen LogP contribution in [-0.4, -0.2) is 6.79 Å².